The second kappa shape index (κ2) is 6.35. The third kappa shape index (κ3) is 4.33. The predicted molar refractivity (Wildman–Crippen MR) is 64.9 cm³/mol. The zero-order valence-electron chi connectivity index (χ0n) is 10.4. The third-order valence-corrected chi connectivity index (χ3v) is 2.91. The van der Waals surface area contributed by atoms with Crippen LogP contribution in [0.3, 0.4) is 0 Å². The molecule has 100 valence electrons. The average molecular weight is 254 g/mol. The summed E-state index contributed by atoms with van der Waals surface area (Å²) in [7, 11) is 0. The topological polar surface area (TPSA) is 83.8 Å². The predicted octanol–water partition coefficient (Wildman–Crippen LogP) is 1.42. The largest absolute Gasteiger partial charge is 0.478 e. The Morgan fingerprint density at radius 2 is 1.83 bits per heavy atom. The Morgan fingerprint density at radius 3 is 2.33 bits per heavy atom. The van der Waals surface area contributed by atoms with E-state index in [2.05, 4.69) is 6.58 Å². The molecule has 0 bridgehead atoms. The van der Waals surface area contributed by atoms with Gasteiger partial charge in [0.15, 0.2) is 0 Å². The first-order valence-corrected chi connectivity index (χ1v) is 5.89. The number of aliphatic hydroxyl groups is 1. The van der Waals surface area contributed by atoms with Crippen molar-refractivity contribution in [1.82, 2.24) is 0 Å². The second-order valence-electron chi connectivity index (χ2n) is 4.49. The van der Waals surface area contributed by atoms with Crippen molar-refractivity contribution in [3.05, 3.63) is 23.8 Å². The molecule has 0 heterocycles. The Morgan fingerprint density at radius 1 is 1.28 bits per heavy atom. The molecule has 18 heavy (non-hydrogen) atoms. The number of hydrogen-bond acceptors (Lipinski definition) is 4. The van der Waals surface area contributed by atoms with Crippen molar-refractivity contribution >= 4 is 11.9 Å². The van der Waals surface area contributed by atoms with E-state index in [4.69, 9.17) is 9.84 Å². The molecule has 0 aromatic carbocycles. The van der Waals surface area contributed by atoms with Crippen molar-refractivity contribution in [2.75, 3.05) is 0 Å². The number of carboxylic acids is 1. The van der Waals surface area contributed by atoms with Crippen molar-refractivity contribution in [2.45, 2.75) is 44.8 Å². The molecule has 0 radical (unpaired) electrons. The number of carbonyl (C=O) groups excluding carboxylic acids is 1. The van der Waals surface area contributed by atoms with Crippen LogP contribution in [0, 0.1) is 0 Å². The van der Waals surface area contributed by atoms with Crippen molar-refractivity contribution < 1.29 is 24.5 Å². The number of aliphatic carboxylic acids is 1. The quantitative estimate of drug-likeness (QED) is 0.450. The zero-order chi connectivity index (χ0) is 13.7. The van der Waals surface area contributed by atoms with Gasteiger partial charge in [-0.3, -0.25) is 0 Å². The Labute approximate surface area is 106 Å². The highest BCUT2D eigenvalue weighted by molar-refractivity contribution is 5.95. The van der Waals surface area contributed by atoms with Crippen molar-refractivity contribution in [3.8, 4) is 0 Å². The van der Waals surface area contributed by atoms with Crippen LogP contribution in [0.5, 0.6) is 0 Å². The minimum atomic E-state index is -1.09. The minimum absolute atomic E-state index is 0.0287. The van der Waals surface area contributed by atoms with Crippen LogP contribution in [0.4, 0.5) is 0 Å². The van der Waals surface area contributed by atoms with E-state index in [0.29, 0.717) is 25.7 Å². The summed E-state index contributed by atoms with van der Waals surface area (Å²) in [4.78, 5) is 22.2. The van der Waals surface area contributed by atoms with E-state index in [1.165, 1.54) is 13.0 Å². The number of esters is 1. The Kier molecular flexibility index (Phi) is 5.09. The highest BCUT2D eigenvalue weighted by Gasteiger charge is 2.23. The standard InChI is InChI=1S/C13H18O5/c1-8(12(15)16)7-9(2)13(17)18-11-5-3-10(14)4-6-11/h7,10-11,14H,2-6H2,1H3,(H,15,16). The van der Waals surface area contributed by atoms with Crippen LogP contribution in [0.25, 0.3) is 0 Å². The van der Waals surface area contributed by atoms with Gasteiger partial charge in [-0.25, -0.2) is 9.59 Å². The molecule has 1 rings (SSSR count). The van der Waals surface area contributed by atoms with Crippen LogP contribution in [0.15, 0.2) is 23.8 Å². The first-order chi connectivity index (χ1) is 8.40. The molecule has 1 aliphatic rings. The zero-order valence-corrected chi connectivity index (χ0v) is 10.4. The van der Waals surface area contributed by atoms with Crippen molar-refractivity contribution in [1.29, 1.82) is 0 Å². The number of hydrogen-bond donors (Lipinski definition) is 2. The van der Waals surface area contributed by atoms with Gasteiger partial charge in [0.1, 0.15) is 6.10 Å². The maximum absolute atomic E-state index is 11.6. The summed E-state index contributed by atoms with van der Waals surface area (Å²) in [6, 6.07) is 0. The summed E-state index contributed by atoms with van der Waals surface area (Å²) in [5.74, 6) is -1.69. The molecule has 1 aliphatic carbocycles. The number of ether oxygens (including phenoxy) is 1. The molecule has 0 unspecified atom stereocenters. The van der Waals surface area contributed by atoms with Gasteiger partial charge in [0.05, 0.1) is 11.7 Å². The number of aliphatic hydroxyl groups excluding tert-OH is 1. The fourth-order valence-electron chi connectivity index (χ4n) is 1.77. The Bertz CT molecular complexity index is 375. The fraction of sp³-hybridized carbons (Fsp3) is 0.538. The van der Waals surface area contributed by atoms with E-state index in [-0.39, 0.29) is 23.4 Å². The maximum atomic E-state index is 11.6. The smallest absolute Gasteiger partial charge is 0.337 e. The molecule has 0 saturated heterocycles. The molecule has 0 atom stereocenters. The van der Waals surface area contributed by atoms with Crippen molar-refractivity contribution in [2.24, 2.45) is 0 Å². The maximum Gasteiger partial charge on any atom is 0.337 e. The van der Waals surface area contributed by atoms with Gasteiger partial charge in [-0.2, -0.15) is 0 Å². The van der Waals surface area contributed by atoms with E-state index in [9.17, 15) is 14.7 Å². The monoisotopic (exact) mass is 254 g/mol. The lowest BCUT2D eigenvalue weighted by Gasteiger charge is -2.25. The van der Waals surface area contributed by atoms with Crippen LogP contribution in [0.2, 0.25) is 0 Å². The summed E-state index contributed by atoms with van der Waals surface area (Å²) in [6.45, 7) is 4.88. The number of carboxylic acid groups (broad SMARTS) is 1. The van der Waals surface area contributed by atoms with Gasteiger partial charge in [-0.15, -0.1) is 0 Å². The van der Waals surface area contributed by atoms with Gasteiger partial charge in [0.25, 0.3) is 0 Å². The van der Waals surface area contributed by atoms with Gasteiger partial charge >= 0.3 is 11.9 Å². The molecule has 5 nitrogen and oxygen atoms in total. The summed E-state index contributed by atoms with van der Waals surface area (Å²) in [6.07, 6.45) is 3.17. The van der Waals surface area contributed by atoms with E-state index in [1.54, 1.807) is 0 Å². The van der Waals surface area contributed by atoms with Gasteiger partial charge in [-0.05, 0) is 38.7 Å². The van der Waals surface area contributed by atoms with E-state index >= 15 is 0 Å². The molecule has 0 spiro atoms. The molecule has 0 amide bonds. The lowest BCUT2D eigenvalue weighted by atomic mass is 9.95. The lowest BCUT2D eigenvalue weighted by Crippen LogP contribution is -2.26. The fourth-order valence-corrected chi connectivity index (χ4v) is 1.77. The molecule has 0 aromatic heterocycles. The van der Waals surface area contributed by atoms with Crippen LogP contribution in [0.1, 0.15) is 32.6 Å². The highest BCUT2D eigenvalue weighted by atomic mass is 16.5. The van der Waals surface area contributed by atoms with Crippen LogP contribution < -0.4 is 0 Å². The van der Waals surface area contributed by atoms with Crippen molar-refractivity contribution in [3.63, 3.8) is 0 Å². The molecule has 0 aromatic rings. The molecule has 5 heteroatoms. The van der Waals surface area contributed by atoms with E-state index in [0.717, 1.165) is 0 Å². The number of carbonyl (C=O) groups is 2. The highest BCUT2D eigenvalue weighted by Crippen LogP contribution is 2.22. The summed E-state index contributed by atoms with van der Waals surface area (Å²) >= 11 is 0. The molecule has 1 saturated carbocycles. The Balaban J connectivity index is 2.48. The molecular formula is C13H18O5. The SMILES string of the molecule is C=C(C=C(C)C(=O)O)C(=O)OC1CCC(O)CC1. The van der Waals surface area contributed by atoms with Gasteiger partial charge in [0, 0.05) is 5.57 Å². The summed E-state index contributed by atoms with van der Waals surface area (Å²) in [5, 5.41) is 18.0. The molecule has 0 aliphatic heterocycles. The third-order valence-electron chi connectivity index (χ3n) is 2.91. The normalized spacial score (nSPS) is 24.4. The second-order valence-corrected chi connectivity index (χ2v) is 4.49. The van der Waals surface area contributed by atoms with Gasteiger partial charge < -0.3 is 14.9 Å². The van der Waals surface area contributed by atoms with E-state index in [1.807, 2.05) is 0 Å². The summed E-state index contributed by atoms with van der Waals surface area (Å²) in [5.41, 5.74) is 0.0667. The Hall–Kier alpha value is -1.62. The minimum Gasteiger partial charge on any atom is -0.478 e. The average Bonchev–Trinajstić information content (AvgIpc) is 2.31. The van der Waals surface area contributed by atoms with Gasteiger partial charge in [0.2, 0.25) is 0 Å². The molecule has 1 fully saturated rings. The molecular weight excluding hydrogens is 236 g/mol. The van der Waals surface area contributed by atoms with Gasteiger partial charge in [-0.1, -0.05) is 6.58 Å². The molecule has 2 N–H and O–H groups in total. The van der Waals surface area contributed by atoms with Crippen LogP contribution in [-0.4, -0.2) is 34.4 Å². The number of rotatable bonds is 4. The first-order valence-electron chi connectivity index (χ1n) is 5.89. The summed E-state index contributed by atoms with van der Waals surface area (Å²) < 4.78 is 5.19. The first kappa shape index (κ1) is 14.4. The van der Waals surface area contributed by atoms with E-state index < -0.39 is 11.9 Å². The van der Waals surface area contributed by atoms with Crippen LogP contribution >= 0.6 is 0 Å². The lowest BCUT2D eigenvalue weighted by molar-refractivity contribution is -0.146. The van der Waals surface area contributed by atoms with Crippen LogP contribution in [-0.2, 0) is 14.3 Å².